The first-order valence-electron chi connectivity index (χ1n) is 9.65. The normalized spacial score (nSPS) is 22.2. The van der Waals surface area contributed by atoms with Gasteiger partial charge in [-0.05, 0) is 71.8 Å². The molecule has 152 valence electrons. The molecule has 1 unspecified atom stereocenters. The number of rotatable bonds is 6. The maximum atomic E-state index is 10.9. The molecule has 7 heteroatoms. The summed E-state index contributed by atoms with van der Waals surface area (Å²) in [5, 5.41) is 21.1. The Morgan fingerprint density at radius 1 is 1.15 bits per heavy atom. The average molecular weight is 398 g/mol. The van der Waals surface area contributed by atoms with Crippen LogP contribution in [0.2, 0.25) is 0 Å². The van der Waals surface area contributed by atoms with Gasteiger partial charge in [0.2, 0.25) is 0 Å². The molecule has 1 atom stereocenters. The lowest BCUT2D eigenvalue weighted by Crippen LogP contribution is -2.47. The predicted molar refractivity (Wildman–Crippen MR) is 110 cm³/mol. The second-order valence-corrected chi connectivity index (χ2v) is 7.43. The molecule has 0 aromatic heterocycles. The molecule has 2 aliphatic rings. The zero-order valence-corrected chi connectivity index (χ0v) is 17.5. The van der Waals surface area contributed by atoms with Crippen molar-refractivity contribution in [3.63, 3.8) is 0 Å². The van der Waals surface area contributed by atoms with Gasteiger partial charge in [-0.1, -0.05) is 0 Å². The molecule has 0 amide bonds. The van der Waals surface area contributed by atoms with Crippen LogP contribution in [-0.4, -0.2) is 54.4 Å². The number of hydrogen-bond acceptors (Lipinski definition) is 6. The maximum absolute atomic E-state index is 10.9. The molecule has 1 saturated heterocycles. The van der Waals surface area contributed by atoms with Crippen LogP contribution in [0.4, 0.5) is 0 Å². The van der Waals surface area contributed by atoms with E-state index in [1.54, 1.807) is 0 Å². The van der Waals surface area contributed by atoms with Crippen LogP contribution in [0.3, 0.4) is 0 Å². The highest BCUT2D eigenvalue weighted by atomic mass is 35.5. The lowest BCUT2D eigenvalue weighted by atomic mass is 9.82. The highest BCUT2D eigenvalue weighted by Crippen LogP contribution is 2.39. The molecule has 0 radical (unpaired) electrons. The fraction of sp³-hybridized carbons (Fsp3) is 0.650. The Kier molecular flexibility index (Phi) is 7.37. The molecule has 1 fully saturated rings. The van der Waals surface area contributed by atoms with Gasteiger partial charge in [-0.25, -0.2) is 0 Å². The van der Waals surface area contributed by atoms with E-state index in [0.29, 0.717) is 13.2 Å². The first-order chi connectivity index (χ1) is 12.5. The van der Waals surface area contributed by atoms with Crippen LogP contribution in [0.1, 0.15) is 46.1 Å². The SMILES string of the molecule is CCOc1ccc(C2=NN(C3CCNCC3)C(O)C2(C)C)cc1OCC.Cl. The summed E-state index contributed by atoms with van der Waals surface area (Å²) in [4.78, 5) is 0. The second-order valence-electron chi connectivity index (χ2n) is 7.43. The van der Waals surface area contributed by atoms with Gasteiger partial charge in [0.25, 0.3) is 0 Å². The van der Waals surface area contributed by atoms with Gasteiger partial charge in [0.1, 0.15) is 0 Å². The number of ether oxygens (including phenoxy) is 2. The minimum Gasteiger partial charge on any atom is -0.490 e. The molecule has 0 aliphatic carbocycles. The van der Waals surface area contributed by atoms with E-state index >= 15 is 0 Å². The Morgan fingerprint density at radius 2 is 1.78 bits per heavy atom. The van der Waals surface area contributed by atoms with Crippen molar-refractivity contribution in [1.82, 2.24) is 10.3 Å². The molecule has 3 rings (SSSR count). The molecule has 0 bridgehead atoms. The van der Waals surface area contributed by atoms with Gasteiger partial charge in [0.15, 0.2) is 17.7 Å². The molecular formula is C20H32ClN3O3. The first-order valence-corrected chi connectivity index (χ1v) is 9.65. The van der Waals surface area contributed by atoms with E-state index in [4.69, 9.17) is 14.6 Å². The third-order valence-electron chi connectivity index (χ3n) is 5.22. The molecule has 2 N–H and O–H groups in total. The van der Waals surface area contributed by atoms with Crippen LogP contribution in [0.15, 0.2) is 23.3 Å². The minimum absolute atomic E-state index is 0. The van der Waals surface area contributed by atoms with Gasteiger partial charge >= 0.3 is 0 Å². The summed E-state index contributed by atoms with van der Waals surface area (Å²) < 4.78 is 11.4. The molecule has 1 aromatic carbocycles. The number of halogens is 1. The van der Waals surface area contributed by atoms with Crippen molar-refractivity contribution in [1.29, 1.82) is 0 Å². The van der Waals surface area contributed by atoms with E-state index in [2.05, 4.69) is 5.32 Å². The zero-order chi connectivity index (χ0) is 18.7. The van der Waals surface area contributed by atoms with Crippen LogP contribution >= 0.6 is 12.4 Å². The van der Waals surface area contributed by atoms with Gasteiger partial charge < -0.3 is 19.9 Å². The Hall–Kier alpha value is -1.50. The summed E-state index contributed by atoms with van der Waals surface area (Å²) in [6.45, 7) is 11.1. The van der Waals surface area contributed by atoms with Crippen molar-refractivity contribution < 1.29 is 14.6 Å². The molecule has 1 aromatic rings. The summed E-state index contributed by atoms with van der Waals surface area (Å²) in [6.07, 6.45) is 1.37. The number of aliphatic hydroxyl groups is 1. The van der Waals surface area contributed by atoms with E-state index in [1.165, 1.54) is 0 Å². The molecular weight excluding hydrogens is 366 g/mol. The summed E-state index contributed by atoms with van der Waals surface area (Å²) >= 11 is 0. The minimum atomic E-state index is -0.622. The van der Waals surface area contributed by atoms with E-state index < -0.39 is 11.6 Å². The fourth-order valence-electron chi connectivity index (χ4n) is 3.73. The van der Waals surface area contributed by atoms with Gasteiger partial charge in [0.05, 0.1) is 30.4 Å². The van der Waals surface area contributed by atoms with Crippen molar-refractivity contribution in [3.8, 4) is 11.5 Å². The zero-order valence-electron chi connectivity index (χ0n) is 16.7. The van der Waals surface area contributed by atoms with Crippen LogP contribution in [0.5, 0.6) is 11.5 Å². The topological polar surface area (TPSA) is 66.3 Å². The monoisotopic (exact) mass is 397 g/mol. The number of benzene rings is 1. The van der Waals surface area contributed by atoms with E-state index in [0.717, 1.165) is 48.7 Å². The Morgan fingerprint density at radius 3 is 2.41 bits per heavy atom. The largest absolute Gasteiger partial charge is 0.490 e. The Bertz CT molecular complexity index is 660. The summed E-state index contributed by atoms with van der Waals surface area (Å²) in [7, 11) is 0. The summed E-state index contributed by atoms with van der Waals surface area (Å²) in [5.41, 5.74) is 1.41. The van der Waals surface area contributed by atoms with Crippen molar-refractivity contribution in [2.24, 2.45) is 10.5 Å². The average Bonchev–Trinajstić information content (AvgIpc) is 2.88. The van der Waals surface area contributed by atoms with Gasteiger partial charge in [-0.3, -0.25) is 5.01 Å². The number of piperidine rings is 1. The number of hydrazone groups is 1. The third-order valence-corrected chi connectivity index (χ3v) is 5.22. The smallest absolute Gasteiger partial charge is 0.161 e. The van der Waals surface area contributed by atoms with E-state index in [1.807, 2.05) is 50.9 Å². The van der Waals surface area contributed by atoms with Crippen molar-refractivity contribution >= 4 is 18.1 Å². The molecule has 2 aliphatic heterocycles. The standard InChI is InChI=1S/C20H31N3O3.ClH/c1-5-25-16-8-7-14(13-17(16)26-6-2)18-20(3,4)19(24)23(22-18)15-9-11-21-12-10-15;/h7-8,13,15,19,21,24H,5-6,9-12H2,1-4H3;1H. The van der Waals surface area contributed by atoms with Crippen LogP contribution in [0.25, 0.3) is 0 Å². The molecule has 0 spiro atoms. The third kappa shape index (κ3) is 4.33. The number of nitrogens with one attached hydrogen (secondary N) is 1. The van der Waals surface area contributed by atoms with Crippen molar-refractivity contribution in [3.05, 3.63) is 23.8 Å². The van der Waals surface area contributed by atoms with Crippen LogP contribution < -0.4 is 14.8 Å². The summed E-state index contributed by atoms with van der Waals surface area (Å²) in [6, 6.07) is 6.19. The second kappa shape index (κ2) is 9.13. The quantitative estimate of drug-likeness (QED) is 0.772. The predicted octanol–water partition coefficient (Wildman–Crippen LogP) is 3.02. The fourth-order valence-corrected chi connectivity index (χ4v) is 3.73. The van der Waals surface area contributed by atoms with Crippen LogP contribution in [-0.2, 0) is 0 Å². The highest BCUT2D eigenvalue weighted by molar-refractivity contribution is 6.06. The molecule has 0 saturated carbocycles. The number of nitrogens with zero attached hydrogens (tertiary/aromatic N) is 2. The van der Waals surface area contributed by atoms with Gasteiger partial charge in [-0.15, -0.1) is 12.4 Å². The highest BCUT2D eigenvalue weighted by Gasteiger charge is 2.46. The molecule has 2 heterocycles. The van der Waals surface area contributed by atoms with Crippen LogP contribution in [0, 0.1) is 5.41 Å². The lowest BCUT2D eigenvalue weighted by molar-refractivity contribution is -0.0596. The summed E-state index contributed by atoms with van der Waals surface area (Å²) in [5.74, 6) is 1.46. The van der Waals surface area contributed by atoms with E-state index in [-0.39, 0.29) is 18.4 Å². The van der Waals surface area contributed by atoms with E-state index in [9.17, 15) is 5.11 Å². The molecule has 6 nitrogen and oxygen atoms in total. The van der Waals surface area contributed by atoms with Gasteiger partial charge in [0, 0.05) is 5.56 Å². The van der Waals surface area contributed by atoms with Crippen molar-refractivity contribution in [2.45, 2.75) is 52.8 Å². The number of aliphatic hydroxyl groups excluding tert-OH is 1. The van der Waals surface area contributed by atoms with Crippen molar-refractivity contribution in [2.75, 3.05) is 26.3 Å². The molecule has 27 heavy (non-hydrogen) atoms. The lowest BCUT2D eigenvalue weighted by Gasteiger charge is -2.35. The Balaban J connectivity index is 0.00000261. The first kappa shape index (κ1) is 21.8. The maximum Gasteiger partial charge on any atom is 0.161 e. The van der Waals surface area contributed by atoms with Gasteiger partial charge in [-0.2, -0.15) is 5.10 Å². The Labute approximate surface area is 168 Å². The number of hydrogen-bond donors (Lipinski definition) is 2.